The van der Waals surface area contributed by atoms with E-state index in [9.17, 15) is 14.7 Å². The van der Waals surface area contributed by atoms with Gasteiger partial charge in [0, 0.05) is 30.1 Å². The van der Waals surface area contributed by atoms with Crippen LogP contribution in [-0.2, 0) is 11.2 Å². The van der Waals surface area contributed by atoms with Crippen molar-refractivity contribution in [2.75, 3.05) is 32.1 Å². The molecule has 4 rings (SSSR count). The van der Waals surface area contributed by atoms with Crippen molar-refractivity contribution >= 4 is 17.3 Å². The van der Waals surface area contributed by atoms with Crippen molar-refractivity contribution in [1.29, 1.82) is 0 Å². The molecule has 2 aliphatic carbocycles. The molecule has 0 spiro atoms. The predicted molar refractivity (Wildman–Crippen MR) is 106 cm³/mol. The highest BCUT2D eigenvalue weighted by Crippen LogP contribution is 2.49. The predicted octanol–water partition coefficient (Wildman–Crippen LogP) is 3.01. The summed E-state index contributed by atoms with van der Waals surface area (Å²) in [4.78, 5) is 28.7. The lowest BCUT2D eigenvalue weighted by molar-refractivity contribution is -0.113. The Hall–Kier alpha value is -2.40. The average Bonchev–Trinajstić information content (AvgIpc) is 3.12. The number of carbonyl (C=O) groups is 2. The quantitative estimate of drug-likeness (QED) is 0.868. The first-order valence-electron chi connectivity index (χ1n) is 9.62. The van der Waals surface area contributed by atoms with E-state index in [0.717, 1.165) is 42.7 Å². The van der Waals surface area contributed by atoms with Gasteiger partial charge in [-0.15, -0.1) is 0 Å². The highest BCUT2D eigenvalue weighted by atomic mass is 16.3. The van der Waals surface area contributed by atoms with E-state index in [0.29, 0.717) is 12.0 Å². The van der Waals surface area contributed by atoms with Gasteiger partial charge in [-0.05, 0) is 69.7 Å². The van der Waals surface area contributed by atoms with Gasteiger partial charge in [0.2, 0.25) is 0 Å². The molecule has 1 N–H and O–H groups in total. The Balaban J connectivity index is 1.79. The van der Waals surface area contributed by atoms with Crippen LogP contribution in [0.1, 0.15) is 47.2 Å². The van der Waals surface area contributed by atoms with Gasteiger partial charge in [0.25, 0.3) is 0 Å². The van der Waals surface area contributed by atoms with Gasteiger partial charge in [-0.25, -0.2) is 0 Å². The number of anilines is 1. The van der Waals surface area contributed by atoms with Crippen LogP contribution in [0.15, 0.2) is 35.6 Å². The molecule has 27 heavy (non-hydrogen) atoms. The maximum atomic E-state index is 12.2. The van der Waals surface area contributed by atoms with Gasteiger partial charge >= 0.3 is 0 Å². The summed E-state index contributed by atoms with van der Waals surface area (Å²) in [6.45, 7) is 3.34. The Kier molecular flexibility index (Phi) is 4.42. The number of fused-ring (bicyclic) bond motifs is 5. The molecule has 1 heterocycles. The fourth-order valence-corrected chi connectivity index (χ4v) is 4.72. The first-order chi connectivity index (χ1) is 12.9. The monoisotopic (exact) mass is 366 g/mol. The van der Waals surface area contributed by atoms with Gasteiger partial charge in [0.1, 0.15) is 5.76 Å². The van der Waals surface area contributed by atoms with E-state index in [1.165, 1.54) is 12.5 Å². The second-order valence-electron chi connectivity index (χ2n) is 8.00. The second-order valence-corrected chi connectivity index (χ2v) is 8.00. The summed E-state index contributed by atoms with van der Waals surface area (Å²) in [5, 5.41) is 10.4. The largest absolute Gasteiger partial charge is 0.507 e. The van der Waals surface area contributed by atoms with Crippen LogP contribution in [0.3, 0.4) is 0 Å². The fourth-order valence-electron chi connectivity index (χ4n) is 4.72. The van der Waals surface area contributed by atoms with Crippen LogP contribution < -0.4 is 4.90 Å². The molecule has 142 valence electrons. The van der Waals surface area contributed by atoms with E-state index in [1.54, 1.807) is 0 Å². The summed E-state index contributed by atoms with van der Waals surface area (Å²) in [6, 6.07) is 4.00. The van der Waals surface area contributed by atoms with Crippen molar-refractivity contribution in [2.45, 2.75) is 38.1 Å². The molecule has 0 aromatic heterocycles. The van der Waals surface area contributed by atoms with Gasteiger partial charge in [-0.2, -0.15) is 0 Å². The number of nitrogens with zero attached hydrogens (tertiary/aromatic N) is 2. The Labute approximate surface area is 160 Å². The summed E-state index contributed by atoms with van der Waals surface area (Å²) >= 11 is 0. The van der Waals surface area contributed by atoms with E-state index >= 15 is 0 Å². The van der Waals surface area contributed by atoms with Crippen LogP contribution in [0.4, 0.5) is 5.69 Å². The first kappa shape index (κ1) is 18.0. The lowest BCUT2D eigenvalue weighted by Crippen LogP contribution is -2.36. The Morgan fingerprint density at radius 2 is 2.04 bits per heavy atom. The SMILES string of the molecule is CC(=O)C1=CC2c3c(ccc4c3CCC4=O)N(CCCN(C)C)C2C=C1O. The van der Waals surface area contributed by atoms with Crippen molar-refractivity contribution in [1.82, 2.24) is 4.90 Å². The molecule has 1 aliphatic heterocycles. The zero-order chi connectivity index (χ0) is 19.3. The smallest absolute Gasteiger partial charge is 0.163 e. The average molecular weight is 366 g/mol. The molecular formula is C22H26N2O3. The summed E-state index contributed by atoms with van der Waals surface area (Å²) in [5.41, 5.74) is 4.67. The van der Waals surface area contributed by atoms with Gasteiger partial charge in [0.15, 0.2) is 11.6 Å². The lowest BCUT2D eigenvalue weighted by atomic mass is 9.84. The summed E-state index contributed by atoms with van der Waals surface area (Å²) < 4.78 is 0. The molecule has 0 radical (unpaired) electrons. The third kappa shape index (κ3) is 2.90. The Morgan fingerprint density at radius 1 is 1.26 bits per heavy atom. The molecule has 1 aromatic rings. The minimum atomic E-state index is -0.126. The standard InChI is InChI=1S/C22H26N2O3/c1-13(25)16-11-17-19(12-21(16)27)24(10-4-9-23(2)3)18-7-5-14-15(22(17)18)6-8-20(14)26/h5,7,11-12,17,19,27H,4,6,8-10H2,1-3H3. The van der Waals surface area contributed by atoms with Gasteiger partial charge < -0.3 is 14.9 Å². The van der Waals surface area contributed by atoms with Crippen molar-refractivity contribution in [3.05, 3.63) is 52.3 Å². The first-order valence-corrected chi connectivity index (χ1v) is 9.62. The van der Waals surface area contributed by atoms with E-state index < -0.39 is 0 Å². The molecule has 0 saturated carbocycles. The van der Waals surface area contributed by atoms with Crippen molar-refractivity contribution in [3.8, 4) is 0 Å². The summed E-state index contributed by atoms with van der Waals surface area (Å²) in [5.74, 6) is 0.163. The van der Waals surface area contributed by atoms with Gasteiger partial charge in [-0.1, -0.05) is 6.08 Å². The second kappa shape index (κ2) is 6.64. The van der Waals surface area contributed by atoms with E-state index in [2.05, 4.69) is 30.0 Å². The highest BCUT2D eigenvalue weighted by Gasteiger charge is 2.42. The molecular weight excluding hydrogens is 340 g/mol. The minimum absolute atomic E-state index is 0.00698. The van der Waals surface area contributed by atoms with Crippen LogP contribution in [0.2, 0.25) is 0 Å². The number of rotatable bonds is 5. The van der Waals surface area contributed by atoms with Crippen LogP contribution in [0.5, 0.6) is 0 Å². The summed E-state index contributed by atoms with van der Waals surface area (Å²) in [7, 11) is 4.13. The van der Waals surface area contributed by atoms with Crippen LogP contribution in [0, 0.1) is 0 Å². The van der Waals surface area contributed by atoms with Crippen molar-refractivity contribution < 1.29 is 14.7 Å². The molecule has 0 saturated heterocycles. The third-order valence-electron chi connectivity index (χ3n) is 5.94. The van der Waals surface area contributed by atoms with Crippen molar-refractivity contribution in [2.24, 2.45) is 0 Å². The lowest BCUT2D eigenvalue weighted by Gasteiger charge is -2.30. The number of aliphatic hydroxyl groups is 1. The molecule has 3 aliphatic rings. The molecule has 0 fully saturated rings. The zero-order valence-corrected chi connectivity index (χ0v) is 16.2. The van der Waals surface area contributed by atoms with E-state index in [-0.39, 0.29) is 29.3 Å². The number of ketones is 2. The van der Waals surface area contributed by atoms with Crippen LogP contribution in [-0.4, -0.2) is 54.8 Å². The number of Topliss-reactive ketones (excluding diaryl/α,β-unsaturated/α-hetero) is 2. The topological polar surface area (TPSA) is 60.9 Å². The maximum Gasteiger partial charge on any atom is 0.163 e. The number of aliphatic hydroxyl groups excluding tert-OH is 1. The molecule has 5 nitrogen and oxygen atoms in total. The molecule has 1 aromatic carbocycles. The molecule has 0 amide bonds. The van der Waals surface area contributed by atoms with Crippen LogP contribution >= 0.6 is 0 Å². The Bertz CT molecular complexity index is 882. The molecule has 2 unspecified atom stereocenters. The normalized spacial score (nSPS) is 23.1. The number of benzene rings is 1. The van der Waals surface area contributed by atoms with Gasteiger partial charge in [0.05, 0.1) is 11.6 Å². The number of allylic oxidation sites excluding steroid dienone is 1. The highest BCUT2D eigenvalue weighted by molar-refractivity contribution is 6.02. The molecule has 2 atom stereocenters. The molecule has 0 bridgehead atoms. The fraction of sp³-hybridized carbons (Fsp3) is 0.455. The zero-order valence-electron chi connectivity index (χ0n) is 16.2. The number of hydrogen-bond acceptors (Lipinski definition) is 5. The van der Waals surface area contributed by atoms with E-state index in [1.807, 2.05) is 18.2 Å². The van der Waals surface area contributed by atoms with Gasteiger partial charge in [-0.3, -0.25) is 9.59 Å². The Morgan fingerprint density at radius 3 is 2.74 bits per heavy atom. The molecule has 5 heteroatoms. The third-order valence-corrected chi connectivity index (χ3v) is 5.94. The summed E-state index contributed by atoms with van der Waals surface area (Å²) in [6.07, 6.45) is 6.07. The van der Waals surface area contributed by atoms with Crippen molar-refractivity contribution in [3.63, 3.8) is 0 Å². The number of hydrogen-bond donors (Lipinski definition) is 1. The maximum absolute atomic E-state index is 12.2. The van der Waals surface area contributed by atoms with E-state index in [4.69, 9.17) is 0 Å². The van der Waals surface area contributed by atoms with Crippen LogP contribution in [0.25, 0.3) is 0 Å². The minimum Gasteiger partial charge on any atom is -0.507 e. The number of carbonyl (C=O) groups excluding carboxylic acids is 2.